The van der Waals surface area contributed by atoms with Crippen molar-refractivity contribution in [3.05, 3.63) is 52.5 Å². The molecule has 0 amide bonds. The monoisotopic (exact) mass is 335 g/mol. The highest BCUT2D eigenvalue weighted by Crippen LogP contribution is 2.40. The zero-order chi connectivity index (χ0) is 14.1. The highest BCUT2D eigenvalue weighted by Gasteiger charge is 2.27. The molecule has 0 bridgehead atoms. The molecule has 1 fully saturated rings. The summed E-state index contributed by atoms with van der Waals surface area (Å²) in [5, 5.41) is 0. The molecule has 0 spiro atoms. The molecule has 1 aliphatic rings. The molecule has 0 aliphatic carbocycles. The summed E-state index contributed by atoms with van der Waals surface area (Å²) in [5.41, 5.74) is 8.58. The van der Waals surface area contributed by atoms with Crippen molar-refractivity contribution in [3.63, 3.8) is 0 Å². The van der Waals surface area contributed by atoms with Gasteiger partial charge in [0.05, 0.1) is 21.9 Å². The summed E-state index contributed by atoms with van der Waals surface area (Å²) in [4.78, 5) is 6.30. The third-order valence-electron chi connectivity index (χ3n) is 3.72. The van der Waals surface area contributed by atoms with Gasteiger partial charge < -0.3 is 10.6 Å². The molecule has 0 saturated carbocycles. The maximum Gasteiger partial charge on any atom is 0.139 e. The Balaban J connectivity index is 1.99. The van der Waals surface area contributed by atoms with Crippen LogP contribution in [0.15, 0.2) is 41.1 Å². The third kappa shape index (κ3) is 2.38. The molecule has 2 aromatic rings. The lowest BCUT2D eigenvalue weighted by Gasteiger charge is -2.28. The fourth-order valence-corrected chi connectivity index (χ4v) is 3.12. The minimum Gasteiger partial charge on any atom is -0.397 e. The average Bonchev–Trinajstić information content (AvgIpc) is 2.93. The first-order valence-corrected chi connectivity index (χ1v) is 7.37. The molecular weight excluding hydrogens is 321 g/mol. The van der Waals surface area contributed by atoms with Crippen molar-refractivity contribution in [2.24, 2.45) is 0 Å². The van der Waals surface area contributed by atoms with Crippen LogP contribution in [0.1, 0.15) is 24.4 Å². The molecule has 3 nitrogen and oxygen atoms in total. The molecule has 1 saturated heterocycles. The first-order chi connectivity index (χ1) is 9.66. The Kier molecular flexibility index (Phi) is 3.61. The number of rotatable bonds is 2. The van der Waals surface area contributed by atoms with E-state index in [-0.39, 0.29) is 11.9 Å². The highest BCUT2D eigenvalue weighted by molar-refractivity contribution is 9.10. The maximum atomic E-state index is 13.5. The summed E-state index contributed by atoms with van der Waals surface area (Å²) in [5.74, 6) is -0.328. The number of pyridine rings is 1. The third-order valence-corrected chi connectivity index (χ3v) is 4.33. The largest absolute Gasteiger partial charge is 0.397 e. The highest BCUT2D eigenvalue weighted by atomic mass is 79.9. The second kappa shape index (κ2) is 5.40. The Morgan fingerprint density at radius 3 is 2.80 bits per heavy atom. The van der Waals surface area contributed by atoms with Gasteiger partial charge in [0.15, 0.2) is 0 Å². The van der Waals surface area contributed by atoms with Gasteiger partial charge in [-0.3, -0.25) is 4.98 Å². The number of aromatic nitrogens is 1. The lowest BCUT2D eigenvalue weighted by molar-refractivity contribution is 0.621. The van der Waals surface area contributed by atoms with E-state index in [4.69, 9.17) is 5.73 Å². The number of nitrogens with two attached hydrogens (primary N) is 1. The first kappa shape index (κ1) is 13.4. The fraction of sp³-hybridized carbons (Fsp3) is 0.267. The van der Waals surface area contributed by atoms with Gasteiger partial charge in [-0.15, -0.1) is 0 Å². The topological polar surface area (TPSA) is 42.1 Å². The van der Waals surface area contributed by atoms with E-state index in [9.17, 15) is 4.39 Å². The molecule has 1 aromatic carbocycles. The van der Waals surface area contributed by atoms with E-state index in [0.717, 1.165) is 25.1 Å². The molecule has 1 atom stereocenters. The number of nitrogens with zero attached hydrogens (tertiary/aromatic N) is 2. The molecule has 20 heavy (non-hydrogen) atoms. The van der Waals surface area contributed by atoms with E-state index in [0.29, 0.717) is 10.2 Å². The number of benzene rings is 1. The van der Waals surface area contributed by atoms with Gasteiger partial charge in [0, 0.05) is 25.0 Å². The first-order valence-electron chi connectivity index (χ1n) is 6.58. The Labute approximate surface area is 125 Å². The molecule has 2 heterocycles. The second-order valence-electron chi connectivity index (χ2n) is 4.96. The van der Waals surface area contributed by atoms with Gasteiger partial charge in [-0.25, -0.2) is 4.39 Å². The number of halogens is 2. The molecule has 1 unspecified atom stereocenters. The van der Waals surface area contributed by atoms with E-state index in [1.807, 2.05) is 12.1 Å². The molecule has 2 N–H and O–H groups in total. The summed E-state index contributed by atoms with van der Waals surface area (Å²) in [6.45, 7) is 0.926. The summed E-state index contributed by atoms with van der Waals surface area (Å²) >= 11 is 3.24. The van der Waals surface area contributed by atoms with Crippen LogP contribution in [0.3, 0.4) is 0 Å². The molecule has 1 aliphatic heterocycles. The minimum absolute atomic E-state index is 0.276. The quantitative estimate of drug-likeness (QED) is 0.846. The predicted molar refractivity (Wildman–Crippen MR) is 82.1 cm³/mol. The van der Waals surface area contributed by atoms with Crippen molar-refractivity contribution < 1.29 is 4.39 Å². The molecule has 1 aromatic heterocycles. The Hall–Kier alpha value is -1.62. The van der Waals surface area contributed by atoms with E-state index in [2.05, 4.69) is 25.8 Å². The molecule has 0 radical (unpaired) electrons. The van der Waals surface area contributed by atoms with Gasteiger partial charge in [0.2, 0.25) is 0 Å². The summed E-state index contributed by atoms with van der Waals surface area (Å²) in [6.07, 6.45) is 5.77. The van der Waals surface area contributed by atoms with Crippen molar-refractivity contribution >= 4 is 27.3 Å². The van der Waals surface area contributed by atoms with Gasteiger partial charge in [0.25, 0.3) is 0 Å². The van der Waals surface area contributed by atoms with Gasteiger partial charge in [0.1, 0.15) is 5.82 Å². The van der Waals surface area contributed by atoms with Crippen LogP contribution in [0.4, 0.5) is 15.8 Å². The number of anilines is 2. The van der Waals surface area contributed by atoms with Crippen molar-refractivity contribution in [1.29, 1.82) is 0 Å². The Morgan fingerprint density at radius 2 is 2.05 bits per heavy atom. The van der Waals surface area contributed by atoms with E-state index in [1.54, 1.807) is 18.5 Å². The van der Waals surface area contributed by atoms with Gasteiger partial charge in [-0.2, -0.15) is 0 Å². The average molecular weight is 336 g/mol. The van der Waals surface area contributed by atoms with Crippen LogP contribution in [0.5, 0.6) is 0 Å². The molecule has 5 heteroatoms. The van der Waals surface area contributed by atoms with E-state index < -0.39 is 0 Å². The standard InChI is InChI=1S/C15H15BrFN3/c16-11-8-15(13(18)9-12(11)17)20-7-1-2-14(20)10-3-5-19-6-4-10/h3-6,8-9,14H,1-2,7,18H2. The van der Waals surface area contributed by atoms with Gasteiger partial charge >= 0.3 is 0 Å². The van der Waals surface area contributed by atoms with Gasteiger partial charge in [-0.05, 0) is 52.5 Å². The van der Waals surface area contributed by atoms with Crippen LogP contribution in [0, 0.1) is 5.82 Å². The van der Waals surface area contributed by atoms with Crippen molar-refractivity contribution in [3.8, 4) is 0 Å². The lowest BCUT2D eigenvalue weighted by atomic mass is 10.1. The van der Waals surface area contributed by atoms with Crippen molar-refractivity contribution in [1.82, 2.24) is 4.98 Å². The van der Waals surface area contributed by atoms with Crippen LogP contribution >= 0.6 is 15.9 Å². The SMILES string of the molecule is Nc1cc(F)c(Br)cc1N1CCCC1c1ccncc1. The second-order valence-corrected chi connectivity index (χ2v) is 5.81. The Bertz CT molecular complexity index is 618. The molecule has 104 valence electrons. The lowest BCUT2D eigenvalue weighted by Crippen LogP contribution is -2.23. The fourth-order valence-electron chi connectivity index (χ4n) is 2.79. The van der Waals surface area contributed by atoms with Gasteiger partial charge in [-0.1, -0.05) is 0 Å². The van der Waals surface area contributed by atoms with Crippen LogP contribution in [-0.4, -0.2) is 11.5 Å². The van der Waals surface area contributed by atoms with Crippen LogP contribution < -0.4 is 10.6 Å². The normalized spacial score (nSPS) is 18.5. The predicted octanol–water partition coefficient (Wildman–Crippen LogP) is 3.91. The summed E-state index contributed by atoms with van der Waals surface area (Å²) < 4.78 is 14.0. The summed E-state index contributed by atoms with van der Waals surface area (Å²) in [7, 11) is 0. The molecular formula is C15H15BrFN3. The number of hydrogen-bond donors (Lipinski definition) is 1. The zero-order valence-electron chi connectivity index (χ0n) is 10.9. The van der Waals surface area contributed by atoms with E-state index >= 15 is 0 Å². The van der Waals surface area contributed by atoms with Crippen LogP contribution in [0.25, 0.3) is 0 Å². The smallest absolute Gasteiger partial charge is 0.139 e. The van der Waals surface area contributed by atoms with Crippen LogP contribution in [-0.2, 0) is 0 Å². The summed E-state index contributed by atoms with van der Waals surface area (Å²) in [6, 6.07) is 7.47. The molecule has 3 rings (SSSR count). The minimum atomic E-state index is -0.328. The van der Waals surface area contributed by atoms with Crippen LogP contribution in [0.2, 0.25) is 0 Å². The van der Waals surface area contributed by atoms with E-state index in [1.165, 1.54) is 11.6 Å². The Morgan fingerprint density at radius 1 is 1.30 bits per heavy atom. The van der Waals surface area contributed by atoms with Crippen molar-refractivity contribution in [2.75, 3.05) is 17.2 Å². The number of hydrogen-bond acceptors (Lipinski definition) is 3. The van der Waals surface area contributed by atoms with Crippen molar-refractivity contribution in [2.45, 2.75) is 18.9 Å². The zero-order valence-corrected chi connectivity index (χ0v) is 12.5. The maximum absolute atomic E-state index is 13.5. The number of nitrogen functional groups attached to an aromatic ring is 1.